The fourth-order valence-electron chi connectivity index (χ4n) is 2.98. The average Bonchev–Trinajstić information content (AvgIpc) is 2.39. The summed E-state index contributed by atoms with van der Waals surface area (Å²) in [6, 6.07) is 0.168. The van der Waals surface area contributed by atoms with Crippen LogP contribution in [0.2, 0.25) is 0 Å². The van der Waals surface area contributed by atoms with Crippen molar-refractivity contribution >= 4 is 12.1 Å². The molecule has 0 saturated carbocycles. The fraction of sp³-hybridized carbons (Fsp3) is 0.833. The van der Waals surface area contributed by atoms with Crippen LogP contribution >= 0.6 is 0 Å². The minimum absolute atomic E-state index is 0.139. The van der Waals surface area contributed by atoms with E-state index in [-0.39, 0.29) is 19.0 Å². The molecule has 1 atom stereocenters. The SMILES string of the molecule is O=C(O)N1CCC(N2CCCC(O)(C(=O)O)C2)CC1. The molecule has 0 aromatic heterocycles. The molecule has 2 aliphatic rings. The molecule has 3 N–H and O–H groups in total. The maximum absolute atomic E-state index is 11.1. The van der Waals surface area contributed by atoms with Gasteiger partial charge in [0, 0.05) is 25.7 Å². The molecule has 0 spiro atoms. The predicted octanol–water partition coefficient (Wildman–Crippen LogP) is 0.0403. The smallest absolute Gasteiger partial charge is 0.407 e. The van der Waals surface area contributed by atoms with Crippen molar-refractivity contribution in [2.75, 3.05) is 26.2 Å². The molecule has 0 radical (unpaired) electrons. The van der Waals surface area contributed by atoms with Gasteiger partial charge in [-0.25, -0.2) is 9.59 Å². The normalized spacial score (nSPS) is 30.3. The van der Waals surface area contributed by atoms with E-state index >= 15 is 0 Å². The first-order chi connectivity index (χ1) is 8.92. The van der Waals surface area contributed by atoms with Crippen LogP contribution in [0.4, 0.5) is 4.79 Å². The van der Waals surface area contributed by atoms with Crippen molar-refractivity contribution in [3.8, 4) is 0 Å². The van der Waals surface area contributed by atoms with Gasteiger partial charge >= 0.3 is 12.1 Å². The van der Waals surface area contributed by atoms with E-state index in [1.165, 1.54) is 4.90 Å². The monoisotopic (exact) mass is 272 g/mol. The first kappa shape index (κ1) is 14.1. The van der Waals surface area contributed by atoms with Gasteiger partial charge in [-0.2, -0.15) is 0 Å². The van der Waals surface area contributed by atoms with Crippen molar-refractivity contribution in [3.63, 3.8) is 0 Å². The Hall–Kier alpha value is -1.34. The molecule has 7 heteroatoms. The summed E-state index contributed by atoms with van der Waals surface area (Å²) < 4.78 is 0. The number of amides is 1. The highest BCUT2D eigenvalue weighted by atomic mass is 16.4. The van der Waals surface area contributed by atoms with Gasteiger partial charge in [-0.3, -0.25) is 4.90 Å². The van der Waals surface area contributed by atoms with Crippen LogP contribution in [-0.4, -0.2) is 75.0 Å². The van der Waals surface area contributed by atoms with Crippen molar-refractivity contribution in [1.29, 1.82) is 0 Å². The van der Waals surface area contributed by atoms with Crippen LogP contribution in [0.5, 0.6) is 0 Å². The van der Waals surface area contributed by atoms with E-state index in [1.807, 2.05) is 4.90 Å². The second-order valence-electron chi connectivity index (χ2n) is 5.41. The molecular formula is C12H20N2O5. The summed E-state index contributed by atoms with van der Waals surface area (Å²) in [4.78, 5) is 25.3. The van der Waals surface area contributed by atoms with Gasteiger partial charge in [0.15, 0.2) is 5.60 Å². The van der Waals surface area contributed by atoms with E-state index in [2.05, 4.69) is 0 Å². The highest BCUT2D eigenvalue weighted by Gasteiger charge is 2.42. The van der Waals surface area contributed by atoms with Crippen LogP contribution in [0, 0.1) is 0 Å². The van der Waals surface area contributed by atoms with Gasteiger partial charge in [-0.1, -0.05) is 0 Å². The highest BCUT2D eigenvalue weighted by molar-refractivity contribution is 5.77. The second-order valence-corrected chi connectivity index (χ2v) is 5.41. The zero-order valence-corrected chi connectivity index (χ0v) is 10.8. The van der Waals surface area contributed by atoms with Crippen molar-refractivity contribution < 1.29 is 24.9 Å². The first-order valence-electron chi connectivity index (χ1n) is 6.60. The number of likely N-dealkylation sites (tertiary alicyclic amines) is 2. The highest BCUT2D eigenvalue weighted by Crippen LogP contribution is 2.26. The minimum atomic E-state index is -1.65. The van der Waals surface area contributed by atoms with Crippen LogP contribution in [0.25, 0.3) is 0 Å². The lowest BCUT2D eigenvalue weighted by Crippen LogP contribution is -2.57. The molecule has 2 fully saturated rings. The van der Waals surface area contributed by atoms with Crippen LogP contribution in [0.1, 0.15) is 25.7 Å². The van der Waals surface area contributed by atoms with Gasteiger partial charge in [0.05, 0.1) is 0 Å². The summed E-state index contributed by atoms with van der Waals surface area (Å²) in [6.07, 6.45) is 1.43. The fourth-order valence-corrected chi connectivity index (χ4v) is 2.98. The lowest BCUT2D eigenvalue weighted by molar-refractivity contribution is -0.165. The Labute approximate surface area is 111 Å². The summed E-state index contributed by atoms with van der Waals surface area (Å²) in [7, 11) is 0. The Kier molecular flexibility index (Phi) is 3.96. The third-order valence-corrected chi connectivity index (χ3v) is 4.15. The summed E-state index contributed by atoms with van der Waals surface area (Å²) in [5, 5.41) is 28.0. The number of carboxylic acids is 1. The maximum Gasteiger partial charge on any atom is 0.407 e. The lowest BCUT2D eigenvalue weighted by Gasteiger charge is -2.43. The van der Waals surface area contributed by atoms with Crippen LogP contribution in [0.15, 0.2) is 0 Å². The van der Waals surface area contributed by atoms with Crippen molar-refractivity contribution in [3.05, 3.63) is 0 Å². The maximum atomic E-state index is 11.1. The molecule has 0 aromatic rings. The van der Waals surface area contributed by atoms with Crippen molar-refractivity contribution in [2.24, 2.45) is 0 Å². The summed E-state index contributed by atoms with van der Waals surface area (Å²) in [5.74, 6) is -1.17. The average molecular weight is 272 g/mol. The summed E-state index contributed by atoms with van der Waals surface area (Å²) in [5.41, 5.74) is -1.65. The number of aliphatic hydroxyl groups is 1. The van der Waals surface area contributed by atoms with Crippen LogP contribution < -0.4 is 0 Å². The molecule has 7 nitrogen and oxygen atoms in total. The standard InChI is InChI=1S/C12H20N2O5/c15-10(16)12(19)4-1-5-14(8-12)9-2-6-13(7-3-9)11(17)18/h9,19H,1-8H2,(H,15,16)(H,17,18). The number of piperidine rings is 2. The number of hydrogen-bond acceptors (Lipinski definition) is 4. The largest absolute Gasteiger partial charge is 0.479 e. The molecule has 2 heterocycles. The summed E-state index contributed by atoms with van der Waals surface area (Å²) in [6.45, 7) is 1.86. The molecule has 0 bridgehead atoms. The van der Waals surface area contributed by atoms with E-state index in [0.29, 0.717) is 32.4 Å². The second kappa shape index (κ2) is 5.34. The molecule has 19 heavy (non-hydrogen) atoms. The molecule has 0 aromatic carbocycles. The Bertz CT molecular complexity index is 367. The molecule has 2 saturated heterocycles. The van der Waals surface area contributed by atoms with Gasteiger partial charge in [0.25, 0.3) is 0 Å². The Morgan fingerprint density at radius 1 is 1.11 bits per heavy atom. The zero-order chi connectivity index (χ0) is 14.0. The number of carboxylic acid groups (broad SMARTS) is 2. The number of nitrogens with zero attached hydrogens (tertiary/aromatic N) is 2. The molecule has 2 aliphatic heterocycles. The molecule has 108 valence electrons. The van der Waals surface area contributed by atoms with Gasteiger partial charge < -0.3 is 20.2 Å². The van der Waals surface area contributed by atoms with Gasteiger partial charge in [-0.15, -0.1) is 0 Å². The quantitative estimate of drug-likeness (QED) is 0.656. The Morgan fingerprint density at radius 2 is 1.74 bits per heavy atom. The zero-order valence-electron chi connectivity index (χ0n) is 10.8. The van der Waals surface area contributed by atoms with Crippen LogP contribution in [-0.2, 0) is 4.79 Å². The number of carbonyl (C=O) groups is 2. The number of rotatable bonds is 2. The summed E-state index contributed by atoms with van der Waals surface area (Å²) >= 11 is 0. The Morgan fingerprint density at radius 3 is 2.26 bits per heavy atom. The molecule has 1 amide bonds. The number of aliphatic carboxylic acids is 1. The third-order valence-electron chi connectivity index (χ3n) is 4.15. The van der Waals surface area contributed by atoms with Crippen molar-refractivity contribution in [2.45, 2.75) is 37.3 Å². The molecular weight excluding hydrogens is 252 g/mol. The molecule has 2 rings (SSSR count). The van der Waals surface area contributed by atoms with Gasteiger partial charge in [0.1, 0.15) is 0 Å². The van der Waals surface area contributed by atoms with E-state index in [4.69, 9.17) is 10.2 Å². The van der Waals surface area contributed by atoms with Gasteiger partial charge in [-0.05, 0) is 32.2 Å². The topological polar surface area (TPSA) is 101 Å². The first-order valence-corrected chi connectivity index (χ1v) is 6.60. The predicted molar refractivity (Wildman–Crippen MR) is 66.0 cm³/mol. The van der Waals surface area contributed by atoms with E-state index in [9.17, 15) is 14.7 Å². The van der Waals surface area contributed by atoms with E-state index in [0.717, 1.165) is 6.54 Å². The van der Waals surface area contributed by atoms with E-state index in [1.54, 1.807) is 0 Å². The van der Waals surface area contributed by atoms with E-state index < -0.39 is 17.7 Å². The minimum Gasteiger partial charge on any atom is -0.479 e. The molecule has 0 aliphatic carbocycles. The lowest BCUT2D eigenvalue weighted by atomic mass is 9.90. The third kappa shape index (κ3) is 2.98. The molecule has 1 unspecified atom stereocenters. The van der Waals surface area contributed by atoms with Gasteiger partial charge in [0.2, 0.25) is 0 Å². The Balaban J connectivity index is 1.93. The van der Waals surface area contributed by atoms with Crippen molar-refractivity contribution in [1.82, 2.24) is 9.80 Å². The number of hydrogen-bond donors (Lipinski definition) is 3. The van der Waals surface area contributed by atoms with Crippen LogP contribution in [0.3, 0.4) is 0 Å². The number of β-amino-alcohol motifs (C(OH)–C–C–N with tert-alkyl or cyclic N) is 1.